The van der Waals surface area contributed by atoms with E-state index in [4.69, 9.17) is 9.97 Å². The third-order valence-corrected chi connectivity index (χ3v) is 12.4. The molecule has 0 radical (unpaired) electrons. The monoisotopic (exact) mass is 805 g/mol. The summed E-state index contributed by atoms with van der Waals surface area (Å²) in [5, 5.41) is 7.30. The molecule has 7 nitrogen and oxygen atoms in total. The van der Waals surface area contributed by atoms with E-state index in [9.17, 15) is 0 Å². The average molecular weight is 806 g/mol. The Kier molecular flexibility index (Phi) is 7.77. The average Bonchev–Trinajstić information content (AvgIpc) is 4.00. The first-order chi connectivity index (χ1) is 31.2. The lowest BCUT2D eigenvalue weighted by atomic mass is 10.1. The first kappa shape index (κ1) is 35.1. The van der Waals surface area contributed by atoms with Crippen molar-refractivity contribution >= 4 is 65.4 Å². The van der Waals surface area contributed by atoms with E-state index in [1.54, 1.807) is 12.4 Å². The Morgan fingerprint density at radius 1 is 0.270 bits per heavy atom. The van der Waals surface area contributed by atoms with Crippen LogP contribution in [-0.4, -0.2) is 33.6 Å². The summed E-state index contributed by atoms with van der Waals surface area (Å²) in [6.45, 7) is 0. The van der Waals surface area contributed by atoms with E-state index >= 15 is 0 Å². The SMILES string of the molecule is c1ccc(-c2cc(-c3ccccn3)nc(-c3ccc(-n4c5ccc(-n6c7ccccc7c7ccccc76)cc5c5cc(-n6c7ccccc7c7ccccc76)ccc54)cc3)n2)nc1. The van der Waals surface area contributed by atoms with Gasteiger partial charge in [0.05, 0.1) is 55.9 Å². The van der Waals surface area contributed by atoms with Crippen molar-refractivity contribution in [3.8, 4) is 51.2 Å². The van der Waals surface area contributed by atoms with E-state index in [-0.39, 0.29) is 0 Å². The Labute approximate surface area is 361 Å². The maximum Gasteiger partial charge on any atom is 0.160 e. The zero-order valence-electron chi connectivity index (χ0n) is 33.8. The van der Waals surface area contributed by atoms with Crippen molar-refractivity contribution in [2.24, 2.45) is 0 Å². The molecule has 0 aliphatic rings. The number of hydrogen-bond acceptors (Lipinski definition) is 4. The van der Waals surface area contributed by atoms with Crippen LogP contribution in [0, 0.1) is 0 Å². The van der Waals surface area contributed by atoms with Crippen molar-refractivity contribution < 1.29 is 0 Å². The Balaban J connectivity index is 1.02. The van der Waals surface area contributed by atoms with Gasteiger partial charge in [0.25, 0.3) is 0 Å². The van der Waals surface area contributed by atoms with E-state index in [2.05, 4.69) is 181 Å². The highest BCUT2D eigenvalue weighted by Gasteiger charge is 2.20. The van der Waals surface area contributed by atoms with Gasteiger partial charge in [0.1, 0.15) is 0 Å². The number of fused-ring (bicyclic) bond motifs is 9. The summed E-state index contributed by atoms with van der Waals surface area (Å²) in [7, 11) is 0. The summed E-state index contributed by atoms with van der Waals surface area (Å²) in [5.74, 6) is 0.610. The number of nitrogens with zero attached hydrogens (tertiary/aromatic N) is 7. The van der Waals surface area contributed by atoms with Crippen LogP contribution >= 0.6 is 0 Å². The van der Waals surface area contributed by atoms with Crippen LogP contribution < -0.4 is 0 Å². The lowest BCUT2D eigenvalue weighted by Crippen LogP contribution is -1.99. The van der Waals surface area contributed by atoms with Crippen molar-refractivity contribution in [2.75, 3.05) is 0 Å². The number of para-hydroxylation sites is 4. The topological polar surface area (TPSA) is 66.3 Å². The zero-order chi connectivity index (χ0) is 41.4. The van der Waals surface area contributed by atoms with Crippen LogP contribution in [-0.2, 0) is 0 Å². The number of hydrogen-bond donors (Lipinski definition) is 0. The molecule has 0 atom stereocenters. The van der Waals surface area contributed by atoms with Crippen LogP contribution in [0.2, 0.25) is 0 Å². The van der Waals surface area contributed by atoms with Gasteiger partial charge in [0, 0.05) is 67.3 Å². The van der Waals surface area contributed by atoms with Crippen LogP contribution in [0.1, 0.15) is 0 Å². The molecule has 0 unspecified atom stereocenters. The van der Waals surface area contributed by atoms with Crippen LogP contribution in [0.4, 0.5) is 0 Å². The maximum absolute atomic E-state index is 5.03. The molecule has 294 valence electrons. The smallest absolute Gasteiger partial charge is 0.160 e. The van der Waals surface area contributed by atoms with Gasteiger partial charge < -0.3 is 13.7 Å². The van der Waals surface area contributed by atoms with Crippen LogP contribution in [0.5, 0.6) is 0 Å². The molecule has 0 aliphatic heterocycles. The third-order valence-electron chi connectivity index (χ3n) is 12.4. The van der Waals surface area contributed by atoms with E-state index < -0.39 is 0 Å². The van der Waals surface area contributed by atoms with Crippen LogP contribution in [0.3, 0.4) is 0 Å². The fourth-order valence-corrected chi connectivity index (χ4v) is 9.58. The van der Waals surface area contributed by atoms with Gasteiger partial charge in [-0.05, 0) is 115 Å². The molecule has 0 amide bonds. The highest BCUT2D eigenvalue weighted by Crippen LogP contribution is 2.40. The van der Waals surface area contributed by atoms with E-state index in [1.807, 2.05) is 42.5 Å². The second-order valence-corrected chi connectivity index (χ2v) is 15.9. The van der Waals surface area contributed by atoms with Gasteiger partial charge in [0.2, 0.25) is 0 Å². The predicted octanol–water partition coefficient (Wildman–Crippen LogP) is 13.6. The Morgan fingerprint density at radius 2 is 0.635 bits per heavy atom. The first-order valence-corrected chi connectivity index (χ1v) is 21.1. The minimum atomic E-state index is 0.610. The fourth-order valence-electron chi connectivity index (χ4n) is 9.58. The summed E-state index contributed by atoms with van der Waals surface area (Å²) < 4.78 is 7.18. The second kappa shape index (κ2) is 13.9. The summed E-state index contributed by atoms with van der Waals surface area (Å²) in [6, 6.07) is 70.9. The lowest BCUT2D eigenvalue weighted by Gasteiger charge is -2.12. The summed E-state index contributed by atoms with van der Waals surface area (Å²) in [4.78, 5) is 19.3. The van der Waals surface area contributed by atoms with Gasteiger partial charge in [-0.25, -0.2) is 9.97 Å². The van der Waals surface area contributed by atoms with Gasteiger partial charge >= 0.3 is 0 Å². The normalized spacial score (nSPS) is 11.8. The zero-order valence-corrected chi connectivity index (χ0v) is 33.8. The molecule has 6 heterocycles. The Bertz CT molecular complexity index is 3560. The molecule has 63 heavy (non-hydrogen) atoms. The molecule has 0 spiro atoms. The first-order valence-electron chi connectivity index (χ1n) is 21.1. The maximum atomic E-state index is 5.03. The molecule has 13 rings (SSSR count). The third kappa shape index (κ3) is 5.53. The second-order valence-electron chi connectivity index (χ2n) is 15.9. The number of pyridine rings is 2. The molecule has 0 saturated carbocycles. The minimum absolute atomic E-state index is 0.610. The molecule has 0 bridgehead atoms. The molecule has 6 aromatic heterocycles. The molecule has 13 aromatic rings. The number of aromatic nitrogens is 7. The number of benzene rings is 7. The van der Waals surface area contributed by atoms with Gasteiger partial charge in [-0.1, -0.05) is 84.9 Å². The van der Waals surface area contributed by atoms with Crippen molar-refractivity contribution in [3.05, 3.63) is 213 Å². The van der Waals surface area contributed by atoms with Gasteiger partial charge in [-0.3, -0.25) is 9.97 Å². The Morgan fingerprint density at radius 3 is 1.05 bits per heavy atom. The minimum Gasteiger partial charge on any atom is -0.309 e. The molecule has 0 saturated heterocycles. The highest BCUT2D eigenvalue weighted by atomic mass is 15.0. The van der Waals surface area contributed by atoms with Crippen LogP contribution in [0.15, 0.2) is 213 Å². The predicted molar refractivity (Wildman–Crippen MR) is 257 cm³/mol. The van der Waals surface area contributed by atoms with Crippen molar-refractivity contribution in [2.45, 2.75) is 0 Å². The fraction of sp³-hybridized carbons (Fsp3) is 0. The molecule has 0 fully saturated rings. The molecule has 0 N–H and O–H groups in total. The molecule has 0 aliphatic carbocycles. The van der Waals surface area contributed by atoms with Gasteiger partial charge in [-0.2, -0.15) is 0 Å². The van der Waals surface area contributed by atoms with Gasteiger partial charge in [0.15, 0.2) is 5.82 Å². The standard InChI is InChI=1S/C56H35N7/c1-5-19-50-40(13-1)41-14-2-6-20-51(41)62(50)38-27-29-54-44(33-38)45-34-39(63-52-21-7-3-15-42(52)43-16-4-8-22-53(43)63)28-30-55(45)61(54)37-25-23-36(24-26-37)56-59-48(46-17-9-11-31-57-46)35-49(60-56)47-18-10-12-32-58-47/h1-35H. The van der Waals surface area contributed by atoms with Crippen molar-refractivity contribution in [3.63, 3.8) is 0 Å². The van der Waals surface area contributed by atoms with Crippen LogP contribution in [0.25, 0.3) is 117 Å². The van der Waals surface area contributed by atoms with E-state index in [1.165, 1.54) is 54.4 Å². The molecular formula is C56H35N7. The van der Waals surface area contributed by atoms with E-state index in [0.717, 1.165) is 56.4 Å². The molecular weight excluding hydrogens is 771 g/mol. The Hall–Kier alpha value is -8.68. The largest absolute Gasteiger partial charge is 0.309 e. The number of rotatable bonds is 6. The molecule has 7 heteroatoms. The summed E-state index contributed by atoms with van der Waals surface area (Å²) in [5.41, 5.74) is 14.2. The highest BCUT2D eigenvalue weighted by molar-refractivity contribution is 6.14. The summed E-state index contributed by atoms with van der Waals surface area (Å²) in [6.07, 6.45) is 3.58. The lowest BCUT2D eigenvalue weighted by molar-refractivity contribution is 1.14. The quantitative estimate of drug-likeness (QED) is 0.168. The molecule has 7 aromatic carbocycles. The van der Waals surface area contributed by atoms with Crippen molar-refractivity contribution in [1.29, 1.82) is 0 Å². The summed E-state index contributed by atoms with van der Waals surface area (Å²) >= 11 is 0. The van der Waals surface area contributed by atoms with Crippen molar-refractivity contribution in [1.82, 2.24) is 33.6 Å². The van der Waals surface area contributed by atoms with Gasteiger partial charge in [-0.15, -0.1) is 0 Å². The van der Waals surface area contributed by atoms with E-state index in [0.29, 0.717) is 5.82 Å².